The number of hydrogen-bond donors (Lipinski definition) is 7. The molecule has 0 radical (unpaired) electrons. The minimum absolute atomic E-state index is 0.222. The van der Waals surface area contributed by atoms with Crippen molar-refractivity contribution in [1.82, 2.24) is 0 Å². The highest BCUT2D eigenvalue weighted by Crippen LogP contribution is 2.25. The Bertz CT molecular complexity index is 519. The number of azo groups is 1. The lowest BCUT2D eigenvalue weighted by atomic mass is 9.98. The number of aliphatic hydroxyl groups is 7. The molecule has 164 valence electrons. The largest absolute Gasteiger partial charge is 0.600 e. The Labute approximate surface area is 159 Å². The molecule has 0 bridgehead atoms. The quantitative estimate of drug-likeness (QED) is 0.119. The SMILES string of the molecule is C[N+]([O-])=NCO[C@@H]1O[C@H](CO[C@@H]2O[C@H](CO)[C@H](O)[C@H](O)[C@H]2O)[C@@H](O)[C@H](O)[C@H]1O. The summed E-state index contributed by atoms with van der Waals surface area (Å²) >= 11 is 0. The molecular weight excluding hydrogens is 388 g/mol. The molecule has 2 heterocycles. The van der Waals surface area contributed by atoms with Gasteiger partial charge in [-0.1, -0.05) is 4.86 Å². The fourth-order valence-corrected chi connectivity index (χ4v) is 2.77. The zero-order chi connectivity index (χ0) is 21.0. The summed E-state index contributed by atoms with van der Waals surface area (Å²) in [5.41, 5.74) is 0. The van der Waals surface area contributed by atoms with Crippen molar-refractivity contribution in [3.8, 4) is 0 Å². The fourth-order valence-electron chi connectivity index (χ4n) is 2.77. The van der Waals surface area contributed by atoms with E-state index in [0.717, 1.165) is 7.05 Å². The van der Waals surface area contributed by atoms with Gasteiger partial charge < -0.3 is 59.9 Å². The van der Waals surface area contributed by atoms with E-state index in [1.54, 1.807) is 0 Å². The average Bonchev–Trinajstić information content (AvgIpc) is 2.66. The molecule has 0 aromatic rings. The summed E-state index contributed by atoms with van der Waals surface area (Å²) in [4.78, 5) is 0.222. The monoisotopic (exact) mass is 414 g/mol. The molecule has 0 aromatic carbocycles. The van der Waals surface area contributed by atoms with E-state index in [0.29, 0.717) is 0 Å². The normalized spacial score (nSPS) is 45.2. The summed E-state index contributed by atoms with van der Waals surface area (Å²) in [5.74, 6) is 0. The molecule has 2 rings (SSSR count). The molecule has 28 heavy (non-hydrogen) atoms. The minimum Gasteiger partial charge on any atom is -0.600 e. The van der Waals surface area contributed by atoms with Crippen LogP contribution in [-0.2, 0) is 18.9 Å². The van der Waals surface area contributed by atoms with Crippen molar-refractivity contribution in [3.05, 3.63) is 5.21 Å². The maximum atomic E-state index is 10.7. The molecule has 0 aromatic heterocycles. The first kappa shape index (κ1) is 23.2. The number of rotatable bonds is 7. The van der Waals surface area contributed by atoms with Gasteiger partial charge in [0.1, 0.15) is 48.8 Å². The zero-order valence-corrected chi connectivity index (χ0v) is 15.0. The van der Waals surface area contributed by atoms with E-state index in [4.69, 9.17) is 24.1 Å². The van der Waals surface area contributed by atoms with Gasteiger partial charge in [-0.05, 0) is 5.11 Å². The second kappa shape index (κ2) is 10.1. The van der Waals surface area contributed by atoms with Crippen molar-refractivity contribution >= 4 is 0 Å². The van der Waals surface area contributed by atoms with Gasteiger partial charge in [-0.3, -0.25) is 0 Å². The van der Waals surface area contributed by atoms with Gasteiger partial charge in [0.2, 0.25) is 6.73 Å². The first-order chi connectivity index (χ1) is 13.2. The van der Waals surface area contributed by atoms with Gasteiger partial charge in [-0.25, -0.2) is 0 Å². The van der Waals surface area contributed by atoms with Crippen molar-refractivity contribution in [3.63, 3.8) is 0 Å². The molecule has 10 atom stereocenters. The summed E-state index contributed by atoms with van der Waals surface area (Å²) < 4.78 is 20.8. The average molecular weight is 414 g/mol. The Morgan fingerprint density at radius 3 is 1.86 bits per heavy atom. The van der Waals surface area contributed by atoms with Crippen LogP contribution < -0.4 is 0 Å². The minimum atomic E-state index is -1.67. The number of ether oxygens (including phenoxy) is 4. The molecule has 2 fully saturated rings. The van der Waals surface area contributed by atoms with Crippen LogP contribution in [0.5, 0.6) is 0 Å². The Balaban J connectivity index is 1.96. The van der Waals surface area contributed by atoms with Crippen molar-refractivity contribution in [2.45, 2.75) is 61.4 Å². The van der Waals surface area contributed by atoms with Crippen molar-refractivity contribution in [1.29, 1.82) is 0 Å². The van der Waals surface area contributed by atoms with E-state index in [-0.39, 0.29) is 4.86 Å². The van der Waals surface area contributed by atoms with Gasteiger partial charge >= 0.3 is 0 Å². The lowest BCUT2D eigenvalue weighted by Gasteiger charge is -2.42. The van der Waals surface area contributed by atoms with Crippen molar-refractivity contribution < 1.29 is 59.6 Å². The van der Waals surface area contributed by atoms with Crippen LogP contribution >= 0.6 is 0 Å². The van der Waals surface area contributed by atoms with E-state index in [2.05, 4.69) is 5.11 Å². The van der Waals surface area contributed by atoms with Crippen molar-refractivity contribution in [2.24, 2.45) is 5.11 Å². The molecule has 0 unspecified atom stereocenters. The Hall–Kier alpha value is -1.04. The third-order valence-electron chi connectivity index (χ3n) is 4.44. The Morgan fingerprint density at radius 1 is 0.821 bits per heavy atom. The second-order valence-electron chi connectivity index (χ2n) is 6.45. The number of nitrogens with zero attached hydrogens (tertiary/aromatic N) is 2. The molecule has 0 saturated carbocycles. The van der Waals surface area contributed by atoms with Crippen LogP contribution in [0.1, 0.15) is 0 Å². The molecule has 2 aliphatic heterocycles. The van der Waals surface area contributed by atoms with E-state index in [1.165, 1.54) is 0 Å². The van der Waals surface area contributed by atoms with Gasteiger partial charge in [-0.2, -0.15) is 0 Å². The summed E-state index contributed by atoms with van der Waals surface area (Å²) in [7, 11) is 1.11. The topological polar surface area (TPSA) is 217 Å². The summed E-state index contributed by atoms with van der Waals surface area (Å²) in [6.45, 7) is -1.61. The van der Waals surface area contributed by atoms with Gasteiger partial charge in [0.15, 0.2) is 19.6 Å². The molecule has 14 heteroatoms. The summed E-state index contributed by atoms with van der Waals surface area (Å²) in [5, 5.41) is 82.5. The molecular formula is C14H26N2O12. The fraction of sp³-hybridized carbons (Fsp3) is 1.00. The van der Waals surface area contributed by atoms with Crippen LogP contribution in [0.3, 0.4) is 0 Å². The van der Waals surface area contributed by atoms with Gasteiger partial charge in [0.25, 0.3) is 0 Å². The number of aliphatic hydroxyl groups excluding tert-OH is 7. The van der Waals surface area contributed by atoms with Crippen molar-refractivity contribution in [2.75, 3.05) is 27.0 Å². The zero-order valence-electron chi connectivity index (χ0n) is 15.0. The highest BCUT2D eigenvalue weighted by atomic mass is 16.7. The molecule has 14 nitrogen and oxygen atoms in total. The highest BCUT2D eigenvalue weighted by molar-refractivity contribution is 4.91. The smallest absolute Gasteiger partial charge is 0.203 e. The molecule has 0 aliphatic carbocycles. The van der Waals surface area contributed by atoms with Crippen LogP contribution in [0.15, 0.2) is 5.11 Å². The standard InChI is InChI=1S/C14H26N2O12/c1-16(24)15-4-26-14-12(23)10(21)8(19)6(28-14)3-25-13-11(22)9(20)7(18)5(2-17)27-13/h5-14,17-23H,2-4H2,1H3/t5-,6-,7+,8-,9+,10+,11-,12-,13-,14-/m1/s1. The molecule has 7 N–H and O–H groups in total. The van der Waals surface area contributed by atoms with Crippen LogP contribution in [0.4, 0.5) is 0 Å². The van der Waals surface area contributed by atoms with E-state index < -0.39 is 81.4 Å². The van der Waals surface area contributed by atoms with Gasteiger partial charge in [0.05, 0.1) is 13.2 Å². The number of hydrogen-bond acceptors (Lipinski definition) is 13. The summed E-state index contributed by atoms with van der Waals surface area (Å²) in [6.07, 6.45) is -15.1. The van der Waals surface area contributed by atoms with Crippen LogP contribution in [0, 0.1) is 5.21 Å². The van der Waals surface area contributed by atoms with E-state index >= 15 is 0 Å². The molecule has 0 spiro atoms. The maximum Gasteiger partial charge on any atom is 0.203 e. The molecule has 2 saturated heterocycles. The summed E-state index contributed by atoms with van der Waals surface area (Å²) in [6, 6.07) is 0. The third-order valence-corrected chi connectivity index (χ3v) is 4.44. The van der Waals surface area contributed by atoms with Crippen LogP contribution in [-0.4, -0.2) is 129 Å². The lowest BCUT2D eigenvalue weighted by Crippen LogP contribution is -2.61. The molecule has 0 amide bonds. The lowest BCUT2D eigenvalue weighted by molar-refractivity contribution is -0.505. The first-order valence-electron chi connectivity index (χ1n) is 8.49. The van der Waals surface area contributed by atoms with Crippen LogP contribution in [0.2, 0.25) is 0 Å². The maximum absolute atomic E-state index is 10.7. The predicted molar refractivity (Wildman–Crippen MR) is 84.3 cm³/mol. The van der Waals surface area contributed by atoms with Crippen LogP contribution in [0.25, 0.3) is 0 Å². The second-order valence-corrected chi connectivity index (χ2v) is 6.45. The Morgan fingerprint density at radius 2 is 1.32 bits per heavy atom. The van der Waals surface area contributed by atoms with E-state index in [1.807, 2.05) is 0 Å². The highest BCUT2D eigenvalue weighted by Gasteiger charge is 2.47. The third kappa shape index (κ3) is 5.31. The predicted octanol–water partition coefficient (Wildman–Crippen LogP) is -4.82. The molecule has 2 aliphatic rings. The Kier molecular flexibility index (Phi) is 8.41. The van der Waals surface area contributed by atoms with E-state index in [9.17, 15) is 35.8 Å². The van der Waals surface area contributed by atoms with Gasteiger partial charge in [-0.15, -0.1) is 0 Å². The van der Waals surface area contributed by atoms with Gasteiger partial charge in [0, 0.05) is 0 Å². The first-order valence-corrected chi connectivity index (χ1v) is 8.49. The number of hydroxylamine groups is 1.